The van der Waals surface area contributed by atoms with E-state index in [2.05, 4.69) is 12.2 Å². The quantitative estimate of drug-likeness (QED) is 0.850. The summed E-state index contributed by atoms with van der Waals surface area (Å²) < 4.78 is 4.80. The Morgan fingerprint density at radius 2 is 1.95 bits per heavy atom. The van der Waals surface area contributed by atoms with Gasteiger partial charge < -0.3 is 9.84 Å². The average molecular weight is 292 g/mol. The topological polar surface area (TPSA) is 46.5 Å². The first kappa shape index (κ1) is 14.1. The SMILES string of the molecule is COC(=O)c1ccc2c(c1)C(c1ccccc1O)=CCC=C2. The molecule has 2 aromatic carbocycles. The molecule has 0 heterocycles. The third-order valence-corrected chi connectivity index (χ3v) is 3.71. The van der Waals surface area contributed by atoms with E-state index in [0.29, 0.717) is 5.56 Å². The molecule has 0 saturated heterocycles. The van der Waals surface area contributed by atoms with E-state index in [1.54, 1.807) is 18.2 Å². The number of phenols is 1. The second-order valence-corrected chi connectivity index (χ2v) is 5.07. The Labute approximate surface area is 129 Å². The molecule has 0 fully saturated rings. The van der Waals surface area contributed by atoms with Crippen LogP contribution in [0.5, 0.6) is 5.75 Å². The zero-order chi connectivity index (χ0) is 15.5. The van der Waals surface area contributed by atoms with Gasteiger partial charge in [0, 0.05) is 5.56 Å². The lowest BCUT2D eigenvalue weighted by molar-refractivity contribution is 0.0600. The van der Waals surface area contributed by atoms with Gasteiger partial charge in [-0.25, -0.2) is 4.79 Å². The summed E-state index contributed by atoms with van der Waals surface area (Å²) in [5.41, 5.74) is 4.11. The molecular formula is C19H16O3. The molecule has 22 heavy (non-hydrogen) atoms. The smallest absolute Gasteiger partial charge is 0.337 e. The van der Waals surface area contributed by atoms with Gasteiger partial charge in [0.25, 0.3) is 0 Å². The summed E-state index contributed by atoms with van der Waals surface area (Å²) in [6.45, 7) is 0. The van der Waals surface area contributed by atoms with Crippen molar-refractivity contribution in [3.05, 3.63) is 76.9 Å². The molecule has 0 spiro atoms. The molecule has 0 radical (unpaired) electrons. The van der Waals surface area contributed by atoms with Crippen molar-refractivity contribution in [2.24, 2.45) is 0 Å². The highest BCUT2D eigenvalue weighted by atomic mass is 16.5. The zero-order valence-corrected chi connectivity index (χ0v) is 12.2. The summed E-state index contributed by atoms with van der Waals surface area (Å²) in [4.78, 5) is 11.8. The lowest BCUT2D eigenvalue weighted by Gasteiger charge is -2.13. The van der Waals surface area contributed by atoms with Gasteiger partial charge in [-0.15, -0.1) is 0 Å². The number of allylic oxidation sites excluding steroid dienone is 2. The number of hydrogen-bond donors (Lipinski definition) is 1. The van der Waals surface area contributed by atoms with E-state index in [4.69, 9.17) is 4.74 Å². The molecule has 0 saturated carbocycles. The third kappa shape index (κ3) is 2.53. The Kier molecular flexibility index (Phi) is 3.79. The van der Waals surface area contributed by atoms with E-state index in [9.17, 15) is 9.90 Å². The fourth-order valence-electron chi connectivity index (χ4n) is 2.63. The van der Waals surface area contributed by atoms with E-state index >= 15 is 0 Å². The van der Waals surface area contributed by atoms with E-state index < -0.39 is 0 Å². The minimum Gasteiger partial charge on any atom is -0.507 e. The number of para-hydroxylation sites is 1. The lowest BCUT2D eigenvalue weighted by atomic mass is 9.92. The van der Waals surface area contributed by atoms with Gasteiger partial charge in [-0.05, 0) is 41.3 Å². The molecule has 110 valence electrons. The third-order valence-electron chi connectivity index (χ3n) is 3.71. The molecule has 0 bridgehead atoms. The minimum absolute atomic E-state index is 0.227. The van der Waals surface area contributed by atoms with E-state index in [1.807, 2.05) is 30.3 Å². The number of benzene rings is 2. The first-order chi connectivity index (χ1) is 10.7. The summed E-state index contributed by atoms with van der Waals surface area (Å²) in [6, 6.07) is 12.7. The molecule has 1 aliphatic carbocycles. The van der Waals surface area contributed by atoms with Gasteiger partial charge in [0.2, 0.25) is 0 Å². The van der Waals surface area contributed by atoms with E-state index in [0.717, 1.165) is 28.7 Å². The first-order valence-corrected chi connectivity index (χ1v) is 7.08. The molecule has 3 rings (SSSR count). The van der Waals surface area contributed by atoms with Crippen LogP contribution in [0, 0.1) is 0 Å². The molecular weight excluding hydrogens is 276 g/mol. The fourth-order valence-corrected chi connectivity index (χ4v) is 2.63. The highest BCUT2D eigenvalue weighted by Crippen LogP contribution is 2.35. The first-order valence-electron chi connectivity index (χ1n) is 7.08. The molecule has 0 atom stereocenters. The van der Waals surface area contributed by atoms with Crippen LogP contribution in [0.2, 0.25) is 0 Å². The number of hydrogen-bond acceptors (Lipinski definition) is 3. The second kappa shape index (κ2) is 5.90. The number of phenolic OH excluding ortho intramolecular Hbond substituents is 1. The lowest BCUT2D eigenvalue weighted by Crippen LogP contribution is -2.03. The number of fused-ring (bicyclic) bond motifs is 1. The van der Waals surface area contributed by atoms with Crippen molar-refractivity contribution < 1.29 is 14.6 Å². The summed E-state index contributed by atoms with van der Waals surface area (Å²) in [5, 5.41) is 10.2. The second-order valence-electron chi connectivity index (χ2n) is 5.07. The molecule has 2 aromatic rings. The summed E-state index contributed by atoms with van der Waals surface area (Å²) >= 11 is 0. The fraction of sp³-hybridized carbons (Fsp3) is 0.105. The number of rotatable bonds is 2. The van der Waals surface area contributed by atoms with Gasteiger partial charge in [0.15, 0.2) is 0 Å². The van der Waals surface area contributed by atoms with Crippen LogP contribution in [0.4, 0.5) is 0 Å². The van der Waals surface area contributed by atoms with Crippen molar-refractivity contribution in [2.45, 2.75) is 6.42 Å². The molecule has 3 heteroatoms. The van der Waals surface area contributed by atoms with Crippen molar-refractivity contribution in [3.8, 4) is 5.75 Å². The van der Waals surface area contributed by atoms with Gasteiger partial charge >= 0.3 is 5.97 Å². The maximum atomic E-state index is 11.8. The standard InChI is InChI=1S/C19H16O3/c1-22-19(21)14-11-10-13-6-2-3-7-15(17(13)12-14)16-8-4-5-9-18(16)20/h2,4-12,20H,3H2,1H3. The molecule has 0 unspecified atom stereocenters. The van der Waals surface area contributed by atoms with Crippen LogP contribution in [0.1, 0.15) is 33.5 Å². The molecule has 0 aromatic heterocycles. The Hall–Kier alpha value is -2.81. The molecule has 3 nitrogen and oxygen atoms in total. The summed E-state index contributed by atoms with van der Waals surface area (Å²) in [6.07, 6.45) is 6.91. The van der Waals surface area contributed by atoms with Crippen LogP contribution in [0.25, 0.3) is 11.6 Å². The van der Waals surface area contributed by atoms with Gasteiger partial charge in [-0.1, -0.05) is 42.5 Å². The van der Waals surface area contributed by atoms with E-state index in [1.165, 1.54) is 7.11 Å². The van der Waals surface area contributed by atoms with Crippen molar-refractivity contribution in [3.63, 3.8) is 0 Å². The van der Waals surface area contributed by atoms with Crippen LogP contribution in [-0.2, 0) is 4.74 Å². The van der Waals surface area contributed by atoms with Crippen LogP contribution < -0.4 is 0 Å². The van der Waals surface area contributed by atoms with Crippen molar-refractivity contribution in [2.75, 3.05) is 7.11 Å². The zero-order valence-electron chi connectivity index (χ0n) is 12.2. The largest absolute Gasteiger partial charge is 0.507 e. The number of carbonyl (C=O) groups is 1. The Morgan fingerprint density at radius 1 is 1.14 bits per heavy atom. The van der Waals surface area contributed by atoms with Crippen LogP contribution in [0.15, 0.2) is 54.6 Å². The predicted molar refractivity (Wildman–Crippen MR) is 86.6 cm³/mol. The molecule has 1 N–H and O–H groups in total. The monoisotopic (exact) mass is 292 g/mol. The average Bonchev–Trinajstić information content (AvgIpc) is 2.76. The summed E-state index contributed by atoms with van der Waals surface area (Å²) in [5.74, 6) is -0.141. The predicted octanol–water partition coefficient (Wildman–Crippen LogP) is 4.03. The van der Waals surface area contributed by atoms with Crippen molar-refractivity contribution in [1.82, 2.24) is 0 Å². The molecule has 0 aliphatic heterocycles. The Balaban J connectivity index is 2.18. The highest BCUT2D eigenvalue weighted by Gasteiger charge is 2.16. The van der Waals surface area contributed by atoms with Gasteiger partial charge in [0.1, 0.15) is 5.75 Å². The number of ether oxygens (including phenoxy) is 1. The highest BCUT2D eigenvalue weighted by molar-refractivity contribution is 5.94. The number of esters is 1. The van der Waals surface area contributed by atoms with Gasteiger partial charge in [0.05, 0.1) is 12.7 Å². The van der Waals surface area contributed by atoms with Crippen molar-refractivity contribution >= 4 is 17.6 Å². The number of methoxy groups -OCH3 is 1. The Morgan fingerprint density at radius 3 is 2.73 bits per heavy atom. The van der Waals surface area contributed by atoms with Gasteiger partial charge in [-0.2, -0.15) is 0 Å². The maximum absolute atomic E-state index is 11.8. The number of aromatic hydroxyl groups is 1. The van der Waals surface area contributed by atoms with E-state index in [-0.39, 0.29) is 11.7 Å². The molecule has 1 aliphatic rings. The minimum atomic E-state index is -0.368. The van der Waals surface area contributed by atoms with Crippen LogP contribution in [0.3, 0.4) is 0 Å². The Bertz CT molecular complexity index is 785. The maximum Gasteiger partial charge on any atom is 0.337 e. The van der Waals surface area contributed by atoms with Crippen LogP contribution >= 0.6 is 0 Å². The molecule has 0 amide bonds. The normalized spacial score (nSPS) is 13.0. The van der Waals surface area contributed by atoms with Gasteiger partial charge in [-0.3, -0.25) is 0 Å². The number of carbonyl (C=O) groups excluding carboxylic acids is 1. The summed E-state index contributed by atoms with van der Waals surface area (Å²) in [7, 11) is 1.37. The van der Waals surface area contributed by atoms with Crippen LogP contribution in [-0.4, -0.2) is 18.2 Å². The van der Waals surface area contributed by atoms with Crippen molar-refractivity contribution in [1.29, 1.82) is 0 Å².